The van der Waals surface area contributed by atoms with Crippen LogP contribution in [0, 0.1) is 6.92 Å². The van der Waals surface area contributed by atoms with Crippen LogP contribution in [0.25, 0.3) is 11.3 Å². The summed E-state index contributed by atoms with van der Waals surface area (Å²) in [6, 6.07) is 8.38. The van der Waals surface area contributed by atoms with E-state index in [4.69, 9.17) is 0 Å². The summed E-state index contributed by atoms with van der Waals surface area (Å²) in [7, 11) is 0. The van der Waals surface area contributed by atoms with E-state index in [0.29, 0.717) is 0 Å². The number of hydrogen-bond donors (Lipinski definition) is 1. The van der Waals surface area contributed by atoms with E-state index in [1.165, 1.54) is 17.5 Å². The number of nitrogens with one attached hydrogen (secondary N) is 1. The molecule has 1 N–H and O–H groups in total. The average Bonchev–Trinajstić information content (AvgIpc) is 2.73. The Labute approximate surface area is 95.1 Å². The molecule has 0 bridgehead atoms. The normalized spacial score (nSPS) is 14.3. The molecule has 0 amide bonds. The van der Waals surface area contributed by atoms with Gasteiger partial charge < -0.3 is 9.88 Å². The Bertz CT molecular complexity index is 490. The van der Waals surface area contributed by atoms with Crippen LogP contribution in [-0.4, -0.2) is 16.1 Å². The number of aryl methyl sites for hydroxylation is 2. The average molecular weight is 213 g/mol. The van der Waals surface area contributed by atoms with Crippen molar-refractivity contribution in [1.29, 1.82) is 0 Å². The first-order valence-corrected chi connectivity index (χ1v) is 5.71. The van der Waals surface area contributed by atoms with Gasteiger partial charge in [0.25, 0.3) is 0 Å². The first kappa shape index (κ1) is 9.46. The van der Waals surface area contributed by atoms with E-state index in [1.807, 2.05) is 0 Å². The molecule has 3 heteroatoms. The maximum absolute atomic E-state index is 4.63. The lowest BCUT2D eigenvalue weighted by molar-refractivity contribution is 0.627. The summed E-state index contributed by atoms with van der Waals surface area (Å²) >= 11 is 0. The Morgan fingerprint density at radius 2 is 2.19 bits per heavy atom. The van der Waals surface area contributed by atoms with Crippen molar-refractivity contribution in [2.75, 3.05) is 11.9 Å². The summed E-state index contributed by atoms with van der Waals surface area (Å²) in [4.78, 5) is 4.63. The minimum Gasteiger partial charge on any atom is -0.356 e. The Morgan fingerprint density at radius 1 is 1.31 bits per heavy atom. The molecule has 16 heavy (non-hydrogen) atoms. The van der Waals surface area contributed by atoms with E-state index in [-0.39, 0.29) is 0 Å². The van der Waals surface area contributed by atoms with Crippen LogP contribution in [0.15, 0.2) is 30.5 Å². The van der Waals surface area contributed by atoms with Crippen molar-refractivity contribution in [3.8, 4) is 11.3 Å². The number of imidazole rings is 1. The Morgan fingerprint density at radius 3 is 3.00 bits per heavy atom. The molecule has 0 unspecified atom stereocenters. The van der Waals surface area contributed by atoms with Gasteiger partial charge in [0.1, 0.15) is 0 Å². The predicted molar refractivity (Wildman–Crippen MR) is 65.5 cm³/mol. The van der Waals surface area contributed by atoms with Gasteiger partial charge in [-0.25, -0.2) is 4.98 Å². The Balaban J connectivity index is 2.07. The number of anilines is 1. The molecule has 1 aliphatic rings. The zero-order chi connectivity index (χ0) is 11.0. The molecule has 0 spiro atoms. The van der Waals surface area contributed by atoms with Crippen molar-refractivity contribution in [3.63, 3.8) is 0 Å². The first-order chi connectivity index (χ1) is 7.84. The maximum Gasteiger partial charge on any atom is 0.203 e. The number of hydrogen-bond acceptors (Lipinski definition) is 2. The first-order valence-electron chi connectivity index (χ1n) is 5.71. The molecule has 2 aromatic rings. The number of fused-ring (bicyclic) bond motifs is 1. The quantitative estimate of drug-likeness (QED) is 0.789. The largest absolute Gasteiger partial charge is 0.356 e. The van der Waals surface area contributed by atoms with Gasteiger partial charge in [0.15, 0.2) is 0 Å². The Hall–Kier alpha value is -1.77. The van der Waals surface area contributed by atoms with E-state index in [1.54, 1.807) is 0 Å². The second-order valence-electron chi connectivity index (χ2n) is 4.24. The van der Waals surface area contributed by atoms with Gasteiger partial charge in [-0.2, -0.15) is 0 Å². The smallest absolute Gasteiger partial charge is 0.203 e. The second kappa shape index (κ2) is 3.67. The van der Waals surface area contributed by atoms with Gasteiger partial charge in [-0.05, 0) is 18.9 Å². The lowest BCUT2D eigenvalue weighted by Gasteiger charge is -2.14. The van der Waals surface area contributed by atoms with Crippen molar-refractivity contribution in [3.05, 3.63) is 36.0 Å². The number of rotatable bonds is 1. The molecule has 0 saturated carbocycles. The lowest BCUT2D eigenvalue weighted by atomic mass is 10.1. The van der Waals surface area contributed by atoms with Crippen LogP contribution >= 0.6 is 0 Å². The molecule has 0 saturated heterocycles. The molecule has 1 aromatic heterocycles. The van der Waals surface area contributed by atoms with Gasteiger partial charge in [-0.1, -0.05) is 24.3 Å². The van der Waals surface area contributed by atoms with Crippen molar-refractivity contribution in [2.45, 2.75) is 19.9 Å². The lowest BCUT2D eigenvalue weighted by Crippen LogP contribution is -2.16. The number of nitrogens with zero attached hydrogens (tertiary/aromatic N) is 2. The van der Waals surface area contributed by atoms with E-state index in [9.17, 15) is 0 Å². The van der Waals surface area contributed by atoms with Crippen LogP contribution in [0.3, 0.4) is 0 Å². The van der Waals surface area contributed by atoms with Gasteiger partial charge in [-0.3, -0.25) is 0 Å². The van der Waals surface area contributed by atoms with Crippen molar-refractivity contribution >= 4 is 5.95 Å². The van der Waals surface area contributed by atoms with Crippen molar-refractivity contribution < 1.29 is 0 Å². The van der Waals surface area contributed by atoms with Crippen LogP contribution in [-0.2, 0) is 6.54 Å². The summed E-state index contributed by atoms with van der Waals surface area (Å²) in [5, 5.41) is 3.32. The molecule has 3 rings (SSSR count). The van der Waals surface area contributed by atoms with Gasteiger partial charge in [0, 0.05) is 24.8 Å². The molecule has 0 atom stereocenters. The van der Waals surface area contributed by atoms with Crippen LogP contribution in [0.2, 0.25) is 0 Å². The minimum atomic E-state index is 1.00. The number of aromatic nitrogens is 2. The second-order valence-corrected chi connectivity index (χ2v) is 4.24. The fourth-order valence-corrected chi connectivity index (χ4v) is 2.17. The van der Waals surface area contributed by atoms with Gasteiger partial charge in [-0.15, -0.1) is 0 Å². The topological polar surface area (TPSA) is 29.9 Å². The van der Waals surface area contributed by atoms with Crippen LogP contribution in [0.4, 0.5) is 5.95 Å². The molecule has 0 aliphatic carbocycles. The summed E-state index contributed by atoms with van der Waals surface area (Å²) in [5.41, 5.74) is 3.58. The highest BCUT2D eigenvalue weighted by Crippen LogP contribution is 2.25. The monoisotopic (exact) mass is 213 g/mol. The number of benzene rings is 1. The highest BCUT2D eigenvalue weighted by Gasteiger charge is 2.13. The molecule has 82 valence electrons. The highest BCUT2D eigenvalue weighted by molar-refractivity contribution is 5.64. The molecule has 1 aliphatic heterocycles. The van der Waals surface area contributed by atoms with Crippen LogP contribution in [0.1, 0.15) is 12.0 Å². The standard InChI is InChI=1S/C13H15N3/c1-10-5-2-3-6-11(10)12-9-16-8-4-7-14-13(16)15-12/h2-3,5-6,9H,4,7-8H2,1H3,(H,14,15). The molecule has 0 fully saturated rings. The zero-order valence-corrected chi connectivity index (χ0v) is 9.40. The van der Waals surface area contributed by atoms with E-state index >= 15 is 0 Å². The van der Waals surface area contributed by atoms with E-state index in [2.05, 4.69) is 52.3 Å². The van der Waals surface area contributed by atoms with Gasteiger partial charge >= 0.3 is 0 Å². The van der Waals surface area contributed by atoms with E-state index < -0.39 is 0 Å². The van der Waals surface area contributed by atoms with Crippen molar-refractivity contribution in [1.82, 2.24) is 9.55 Å². The Kier molecular flexibility index (Phi) is 2.17. The fourth-order valence-electron chi connectivity index (χ4n) is 2.17. The summed E-state index contributed by atoms with van der Waals surface area (Å²) in [6.07, 6.45) is 3.32. The molecule has 1 aromatic carbocycles. The van der Waals surface area contributed by atoms with Gasteiger partial charge in [0.2, 0.25) is 5.95 Å². The third kappa shape index (κ3) is 1.48. The van der Waals surface area contributed by atoms with Crippen LogP contribution < -0.4 is 5.32 Å². The molecule has 0 radical (unpaired) electrons. The summed E-state index contributed by atoms with van der Waals surface area (Å²) in [5.74, 6) is 1.00. The third-order valence-electron chi connectivity index (χ3n) is 3.06. The van der Waals surface area contributed by atoms with Crippen LogP contribution in [0.5, 0.6) is 0 Å². The SMILES string of the molecule is Cc1ccccc1-c1cn2c(n1)NCCC2. The molecular formula is C13H15N3. The molecule has 2 heterocycles. The molecular weight excluding hydrogens is 198 g/mol. The third-order valence-corrected chi connectivity index (χ3v) is 3.06. The minimum absolute atomic E-state index is 1.00. The fraction of sp³-hybridized carbons (Fsp3) is 0.308. The predicted octanol–water partition coefficient (Wildman–Crippen LogP) is 2.67. The zero-order valence-electron chi connectivity index (χ0n) is 9.40. The van der Waals surface area contributed by atoms with Crippen molar-refractivity contribution in [2.24, 2.45) is 0 Å². The highest BCUT2D eigenvalue weighted by atomic mass is 15.2. The summed E-state index contributed by atoms with van der Waals surface area (Å²) in [6.45, 7) is 4.23. The van der Waals surface area contributed by atoms with E-state index in [0.717, 1.165) is 24.7 Å². The van der Waals surface area contributed by atoms with Gasteiger partial charge in [0.05, 0.1) is 5.69 Å². The summed E-state index contributed by atoms with van der Waals surface area (Å²) < 4.78 is 2.20. The maximum atomic E-state index is 4.63. The molecule has 3 nitrogen and oxygen atoms in total.